The fraction of sp³-hybridized carbons (Fsp3) is 0.500. The molecule has 6 heteroatoms. The summed E-state index contributed by atoms with van der Waals surface area (Å²) >= 11 is 0. The van der Waals surface area contributed by atoms with Gasteiger partial charge in [-0.1, -0.05) is 6.07 Å². The molecular formula is C12H19NO4S. The first-order valence-corrected chi connectivity index (χ1v) is 7.63. The highest BCUT2D eigenvalue weighted by atomic mass is 32.2. The molecule has 0 fully saturated rings. The first-order valence-electron chi connectivity index (χ1n) is 5.57. The Bertz CT molecular complexity index is 497. The largest absolute Gasteiger partial charge is 0.493 e. The van der Waals surface area contributed by atoms with Crippen molar-refractivity contribution in [1.82, 2.24) is 0 Å². The predicted octanol–water partition coefficient (Wildman–Crippen LogP) is 1.14. The van der Waals surface area contributed by atoms with Crippen LogP contribution in [0.5, 0.6) is 11.5 Å². The first kappa shape index (κ1) is 14.8. The lowest BCUT2D eigenvalue weighted by Crippen LogP contribution is -2.12. The highest BCUT2D eigenvalue weighted by Gasteiger charge is 2.09. The molecule has 2 N–H and O–H groups in total. The fourth-order valence-electron chi connectivity index (χ4n) is 1.39. The van der Waals surface area contributed by atoms with Gasteiger partial charge in [-0.2, -0.15) is 0 Å². The minimum atomic E-state index is -3.02. The second kappa shape index (κ2) is 6.06. The molecule has 0 aliphatic carbocycles. The van der Waals surface area contributed by atoms with E-state index in [0.29, 0.717) is 11.5 Å². The lowest BCUT2D eigenvalue weighted by Gasteiger charge is -2.13. The van der Waals surface area contributed by atoms with Crippen LogP contribution in [-0.4, -0.2) is 34.1 Å². The van der Waals surface area contributed by atoms with Crippen molar-refractivity contribution in [3.05, 3.63) is 23.8 Å². The number of nitrogens with two attached hydrogens (primary N) is 1. The molecule has 18 heavy (non-hydrogen) atoms. The normalized spacial score (nSPS) is 13.1. The summed E-state index contributed by atoms with van der Waals surface area (Å²) in [5.74, 6) is 1.05. The molecule has 5 nitrogen and oxygen atoms in total. The smallest absolute Gasteiger partial charge is 0.161 e. The summed E-state index contributed by atoms with van der Waals surface area (Å²) in [7, 11) is -1.49. The van der Waals surface area contributed by atoms with E-state index in [1.54, 1.807) is 12.1 Å². The van der Waals surface area contributed by atoms with Crippen LogP contribution in [-0.2, 0) is 9.84 Å². The predicted molar refractivity (Wildman–Crippen MR) is 70.8 cm³/mol. The van der Waals surface area contributed by atoms with Crippen molar-refractivity contribution in [1.29, 1.82) is 0 Å². The number of sulfone groups is 1. The quantitative estimate of drug-likeness (QED) is 0.840. The maximum atomic E-state index is 11.0. The minimum absolute atomic E-state index is 0.0226. The van der Waals surface area contributed by atoms with E-state index in [2.05, 4.69) is 0 Å². The van der Waals surface area contributed by atoms with Crippen LogP contribution >= 0.6 is 0 Å². The Hall–Kier alpha value is -1.27. The summed E-state index contributed by atoms with van der Waals surface area (Å²) in [5.41, 5.74) is 6.70. The molecule has 1 atom stereocenters. The van der Waals surface area contributed by atoms with E-state index in [4.69, 9.17) is 15.2 Å². The van der Waals surface area contributed by atoms with Gasteiger partial charge >= 0.3 is 0 Å². The van der Waals surface area contributed by atoms with Crippen molar-refractivity contribution in [2.75, 3.05) is 25.7 Å². The third kappa shape index (κ3) is 4.54. The van der Waals surface area contributed by atoms with E-state index >= 15 is 0 Å². The molecule has 0 aliphatic rings. The number of methoxy groups -OCH3 is 1. The second-order valence-corrected chi connectivity index (χ2v) is 6.44. The summed E-state index contributed by atoms with van der Waals surface area (Å²) in [6.45, 7) is 1.98. The number of ether oxygens (including phenoxy) is 2. The van der Waals surface area contributed by atoms with Crippen molar-refractivity contribution in [3.8, 4) is 11.5 Å². The number of benzene rings is 1. The van der Waals surface area contributed by atoms with E-state index in [0.717, 1.165) is 5.56 Å². The molecule has 0 aromatic heterocycles. The van der Waals surface area contributed by atoms with Gasteiger partial charge in [0, 0.05) is 12.3 Å². The third-order valence-corrected chi connectivity index (χ3v) is 3.33. The van der Waals surface area contributed by atoms with Crippen molar-refractivity contribution in [2.45, 2.75) is 13.0 Å². The van der Waals surface area contributed by atoms with E-state index in [9.17, 15) is 8.42 Å². The molecule has 0 aliphatic heterocycles. The van der Waals surface area contributed by atoms with Crippen molar-refractivity contribution < 1.29 is 17.9 Å². The lowest BCUT2D eigenvalue weighted by atomic mass is 10.1. The molecule has 0 amide bonds. The Morgan fingerprint density at radius 1 is 1.33 bits per heavy atom. The van der Waals surface area contributed by atoms with Gasteiger partial charge in [0.1, 0.15) is 6.61 Å². The van der Waals surface area contributed by atoms with E-state index in [1.807, 2.05) is 13.0 Å². The Kier molecular flexibility index (Phi) is 4.98. The Morgan fingerprint density at radius 3 is 2.50 bits per heavy atom. The van der Waals surface area contributed by atoms with Gasteiger partial charge in [-0.25, -0.2) is 8.42 Å². The Labute approximate surface area is 108 Å². The van der Waals surface area contributed by atoms with Crippen LogP contribution in [0.15, 0.2) is 18.2 Å². The van der Waals surface area contributed by atoms with Gasteiger partial charge in [-0.3, -0.25) is 0 Å². The maximum absolute atomic E-state index is 11.0. The maximum Gasteiger partial charge on any atom is 0.161 e. The van der Waals surface area contributed by atoms with Gasteiger partial charge in [0.05, 0.1) is 12.9 Å². The molecule has 0 bridgehead atoms. The van der Waals surface area contributed by atoms with Crippen molar-refractivity contribution in [2.24, 2.45) is 5.73 Å². The summed E-state index contributed by atoms with van der Waals surface area (Å²) < 4.78 is 32.6. The number of hydrogen-bond acceptors (Lipinski definition) is 5. The van der Waals surface area contributed by atoms with Crippen LogP contribution in [0, 0.1) is 0 Å². The van der Waals surface area contributed by atoms with Crippen LogP contribution in [0.25, 0.3) is 0 Å². The SMILES string of the molecule is COc1cc([C@H](C)N)ccc1OCCS(C)(=O)=O. The Balaban J connectivity index is 2.77. The number of rotatable bonds is 6. The van der Waals surface area contributed by atoms with Crippen molar-refractivity contribution in [3.63, 3.8) is 0 Å². The fourth-order valence-corrected chi connectivity index (χ4v) is 1.78. The highest BCUT2D eigenvalue weighted by Crippen LogP contribution is 2.29. The average molecular weight is 273 g/mol. The minimum Gasteiger partial charge on any atom is -0.493 e. The van der Waals surface area contributed by atoms with Crippen LogP contribution in [0.4, 0.5) is 0 Å². The zero-order valence-corrected chi connectivity index (χ0v) is 11.7. The van der Waals surface area contributed by atoms with Crippen LogP contribution in [0.3, 0.4) is 0 Å². The molecular weight excluding hydrogens is 254 g/mol. The van der Waals surface area contributed by atoms with Crippen LogP contribution in [0.1, 0.15) is 18.5 Å². The average Bonchev–Trinajstić information content (AvgIpc) is 2.27. The van der Waals surface area contributed by atoms with E-state index in [-0.39, 0.29) is 18.4 Å². The van der Waals surface area contributed by atoms with Crippen LogP contribution in [0.2, 0.25) is 0 Å². The molecule has 102 valence electrons. The molecule has 0 saturated heterocycles. The van der Waals surface area contributed by atoms with Crippen molar-refractivity contribution >= 4 is 9.84 Å². The summed E-state index contributed by atoms with van der Waals surface area (Å²) in [6.07, 6.45) is 1.17. The molecule has 0 spiro atoms. The standard InChI is InChI=1S/C12H19NO4S/c1-9(13)10-4-5-11(12(8-10)16-2)17-6-7-18(3,14)15/h4-5,8-9H,6-7,13H2,1-3H3/t9-/m0/s1. The molecule has 0 unspecified atom stereocenters. The summed E-state index contributed by atoms with van der Waals surface area (Å²) in [6, 6.07) is 5.27. The summed E-state index contributed by atoms with van der Waals surface area (Å²) in [5, 5.41) is 0. The highest BCUT2D eigenvalue weighted by molar-refractivity contribution is 7.90. The summed E-state index contributed by atoms with van der Waals surface area (Å²) in [4.78, 5) is 0. The zero-order chi connectivity index (χ0) is 13.8. The second-order valence-electron chi connectivity index (χ2n) is 4.18. The van der Waals surface area contributed by atoms with Gasteiger partial charge in [-0.15, -0.1) is 0 Å². The van der Waals surface area contributed by atoms with E-state index in [1.165, 1.54) is 13.4 Å². The van der Waals surface area contributed by atoms with Crippen LogP contribution < -0.4 is 15.2 Å². The van der Waals surface area contributed by atoms with Gasteiger partial charge in [0.15, 0.2) is 21.3 Å². The number of hydrogen-bond donors (Lipinski definition) is 1. The Morgan fingerprint density at radius 2 is 2.00 bits per heavy atom. The molecule has 1 aromatic carbocycles. The first-order chi connectivity index (χ1) is 8.33. The van der Waals surface area contributed by atoms with Gasteiger partial charge in [0.2, 0.25) is 0 Å². The van der Waals surface area contributed by atoms with Gasteiger partial charge < -0.3 is 15.2 Å². The molecule has 0 radical (unpaired) electrons. The third-order valence-electron chi connectivity index (χ3n) is 2.43. The lowest BCUT2D eigenvalue weighted by molar-refractivity contribution is 0.311. The van der Waals surface area contributed by atoms with E-state index < -0.39 is 9.84 Å². The monoisotopic (exact) mass is 273 g/mol. The molecule has 1 aromatic rings. The molecule has 0 saturated carbocycles. The van der Waals surface area contributed by atoms with Gasteiger partial charge in [0.25, 0.3) is 0 Å². The molecule has 1 rings (SSSR count). The topological polar surface area (TPSA) is 78.6 Å². The zero-order valence-electron chi connectivity index (χ0n) is 10.8. The van der Waals surface area contributed by atoms with Gasteiger partial charge in [-0.05, 0) is 24.6 Å². The molecule has 0 heterocycles.